The van der Waals surface area contributed by atoms with Crippen LogP contribution in [0.1, 0.15) is 98.7 Å². The van der Waals surface area contributed by atoms with E-state index < -0.39 is 22.9 Å². The number of nitrogens with one attached hydrogen (secondary N) is 1. The number of rotatable bonds is 9. The van der Waals surface area contributed by atoms with Crippen LogP contribution in [0, 0.1) is 11.2 Å². The predicted molar refractivity (Wildman–Crippen MR) is 197 cm³/mol. The predicted octanol–water partition coefficient (Wildman–Crippen LogP) is 8.90. The molecular formula is C41H50ClFN2O5. The van der Waals surface area contributed by atoms with E-state index in [1.165, 1.54) is 17.7 Å². The Bertz CT molecular complexity index is 1690. The highest BCUT2D eigenvalue weighted by molar-refractivity contribution is 6.31. The van der Waals surface area contributed by atoms with E-state index in [4.69, 9.17) is 16.3 Å². The summed E-state index contributed by atoms with van der Waals surface area (Å²) in [6, 6.07) is 17.0. The van der Waals surface area contributed by atoms with Crippen LogP contribution in [0.25, 0.3) is 0 Å². The lowest BCUT2D eigenvalue weighted by Crippen LogP contribution is -2.54. The summed E-state index contributed by atoms with van der Waals surface area (Å²) in [4.78, 5) is 29.6. The molecule has 7 nitrogen and oxygen atoms in total. The largest absolute Gasteiger partial charge is 0.497 e. The van der Waals surface area contributed by atoms with Crippen molar-refractivity contribution in [2.24, 2.45) is 5.41 Å². The number of carbonyl (C=O) groups excluding carboxylic acids is 2. The molecule has 0 aromatic heterocycles. The number of allylic oxidation sites excluding steroid dienone is 2. The summed E-state index contributed by atoms with van der Waals surface area (Å²) in [5.74, 6) is -0.348. The van der Waals surface area contributed by atoms with Gasteiger partial charge >= 0.3 is 6.03 Å². The Morgan fingerprint density at radius 2 is 1.86 bits per heavy atom. The van der Waals surface area contributed by atoms with E-state index in [-0.39, 0.29) is 41.3 Å². The van der Waals surface area contributed by atoms with E-state index in [0.29, 0.717) is 68.5 Å². The molecule has 0 spiro atoms. The Morgan fingerprint density at radius 3 is 2.56 bits per heavy atom. The van der Waals surface area contributed by atoms with Gasteiger partial charge in [0, 0.05) is 40.2 Å². The second-order valence-corrected chi connectivity index (χ2v) is 14.7. The first kappa shape index (κ1) is 37.5. The average Bonchev–Trinajstić information content (AvgIpc) is 3.34. The summed E-state index contributed by atoms with van der Waals surface area (Å²) >= 11 is 6.36. The Morgan fingerprint density at radius 1 is 1.10 bits per heavy atom. The zero-order valence-electron chi connectivity index (χ0n) is 29.6. The van der Waals surface area contributed by atoms with E-state index in [0.717, 1.165) is 17.5 Å². The molecule has 4 unspecified atom stereocenters. The quantitative estimate of drug-likeness (QED) is 0.153. The number of methoxy groups -OCH3 is 1. The van der Waals surface area contributed by atoms with Crippen LogP contribution in [0.15, 0.2) is 72.3 Å². The number of amides is 2. The molecule has 3 aromatic carbocycles. The minimum Gasteiger partial charge on any atom is -0.497 e. The first-order valence-electron chi connectivity index (χ1n) is 17.7. The summed E-state index contributed by atoms with van der Waals surface area (Å²) in [6.45, 7) is 6.74. The fourth-order valence-corrected chi connectivity index (χ4v) is 8.14. The molecule has 0 aliphatic heterocycles. The number of nitrogens with zero attached hydrogens (tertiary/aromatic N) is 1. The van der Waals surface area contributed by atoms with Crippen LogP contribution in [0.5, 0.6) is 5.75 Å². The number of benzene rings is 3. The van der Waals surface area contributed by atoms with Gasteiger partial charge in [-0.1, -0.05) is 55.3 Å². The summed E-state index contributed by atoms with van der Waals surface area (Å²) < 4.78 is 20.2. The lowest BCUT2D eigenvalue weighted by molar-refractivity contribution is -0.0763. The molecule has 0 heterocycles. The van der Waals surface area contributed by atoms with Gasteiger partial charge in [0.05, 0.1) is 25.4 Å². The molecule has 0 saturated heterocycles. The molecule has 50 heavy (non-hydrogen) atoms. The minimum absolute atomic E-state index is 0.122. The zero-order chi connectivity index (χ0) is 36.1. The molecule has 9 heteroatoms. The smallest absolute Gasteiger partial charge is 0.321 e. The molecule has 1 fully saturated rings. The van der Waals surface area contributed by atoms with Crippen LogP contribution >= 0.6 is 11.6 Å². The number of aliphatic hydroxyl groups excluding tert-OH is 1. The van der Waals surface area contributed by atoms with Gasteiger partial charge in [-0.25, -0.2) is 9.18 Å². The summed E-state index contributed by atoms with van der Waals surface area (Å²) in [5, 5.41) is 26.9. The number of ketones is 1. The van der Waals surface area contributed by atoms with Gasteiger partial charge in [0.1, 0.15) is 11.6 Å². The number of urea groups is 1. The topological polar surface area (TPSA) is 99.1 Å². The van der Waals surface area contributed by atoms with Crippen LogP contribution in [0.4, 0.5) is 14.9 Å². The number of aliphatic hydroxyl groups is 2. The molecule has 0 radical (unpaired) electrons. The Hall–Kier alpha value is -3.72. The Labute approximate surface area is 300 Å². The van der Waals surface area contributed by atoms with E-state index in [2.05, 4.69) is 25.2 Å². The van der Waals surface area contributed by atoms with Gasteiger partial charge in [0.15, 0.2) is 5.78 Å². The highest BCUT2D eigenvalue weighted by Gasteiger charge is 2.57. The fourth-order valence-electron chi connectivity index (χ4n) is 7.91. The molecule has 3 N–H and O–H groups in total. The number of anilines is 1. The standard InChI is InChI=1S/C41H50ClFN2O5/c1-5-22-45(39(48)44-29-13-16-31(50-4)17-14-29)26-41(49)21-19-35-32-18-12-28(23-30(46)15-11-27(2)8-7-20-40(35,41)3)24-33(32)38(47)25-34-36(42)9-6-10-37(34)43/h6,8-10,12-14,16-18,24,30,35,46,49H,5,7,11,15,19-23,25-26H2,1-4H3,(H,44,48). The highest BCUT2D eigenvalue weighted by Crippen LogP contribution is 2.59. The first-order chi connectivity index (χ1) is 23.9. The third kappa shape index (κ3) is 8.25. The van der Waals surface area contributed by atoms with Crippen molar-refractivity contribution in [1.82, 2.24) is 4.90 Å². The second-order valence-electron chi connectivity index (χ2n) is 14.3. The van der Waals surface area contributed by atoms with Crippen LogP contribution in [-0.4, -0.2) is 58.8 Å². The number of halogens is 2. The van der Waals surface area contributed by atoms with Gasteiger partial charge < -0.3 is 25.2 Å². The van der Waals surface area contributed by atoms with Gasteiger partial charge in [-0.15, -0.1) is 0 Å². The van der Waals surface area contributed by atoms with Gasteiger partial charge in [0.25, 0.3) is 0 Å². The number of fused-ring (bicyclic) bond motifs is 8. The molecule has 4 atom stereocenters. The second kappa shape index (κ2) is 16.1. The van der Waals surface area contributed by atoms with Crippen molar-refractivity contribution >= 4 is 29.1 Å². The monoisotopic (exact) mass is 704 g/mol. The van der Waals surface area contributed by atoms with Gasteiger partial charge in [-0.05, 0) is 118 Å². The van der Waals surface area contributed by atoms with E-state index in [1.807, 2.05) is 25.1 Å². The summed E-state index contributed by atoms with van der Waals surface area (Å²) in [7, 11) is 1.59. The molecule has 268 valence electrons. The minimum atomic E-state index is -1.27. The first-order valence-corrected chi connectivity index (χ1v) is 18.1. The van der Waals surface area contributed by atoms with Gasteiger partial charge in [-0.3, -0.25) is 4.79 Å². The van der Waals surface area contributed by atoms with Crippen molar-refractivity contribution in [2.45, 2.75) is 96.2 Å². The third-order valence-corrected chi connectivity index (χ3v) is 11.3. The SMILES string of the molecule is CCCN(CC1(O)CCC2c3ccc(cc3C(=O)Cc3c(F)cccc3Cl)CC(O)CCC(C)=CCCC21C)C(=O)Nc1ccc(OC)cc1. The third-order valence-electron chi connectivity index (χ3n) is 10.9. The number of ether oxygens (including phenoxy) is 1. The zero-order valence-corrected chi connectivity index (χ0v) is 30.4. The van der Waals surface area contributed by atoms with E-state index >= 15 is 0 Å². The number of Topliss-reactive ketones (excluding diaryl/α,β-unsaturated/α-hetero) is 1. The molecule has 3 aliphatic rings. The Balaban J connectivity index is 1.53. The molecule has 6 rings (SSSR count). The lowest BCUT2D eigenvalue weighted by Gasteiger charge is -2.46. The van der Waals surface area contributed by atoms with Crippen LogP contribution < -0.4 is 10.1 Å². The van der Waals surface area contributed by atoms with Crippen molar-refractivity contribution < 1.29 is 28.9 Å². The van der Waals surface area contributed by atoms with Crippen LogP contribution in [0.3, 0.4) is 0 Å². The maximum absolute atomic E-state index is 14.9. The van der Waals surface area contributed by atoms with Crippen LogP contribution in [-0.2, 0) is 12.8 Å². The number of carbonyl (C=O) groups is 2. The van der Waals surface area contributed by atoms with Gasteiger partial charge in [-0.2, -0.15) is 0 Å². The van der Waals surface area contributed by atoms with Crippen LogP contribution in [0.2, 0.25) is 5.02 Å². The molecule has 3 aromatic rings. The van der Waals surface area contributed by atoms with Gasteiger partial charge in [0.2, 0.25) is 0 Å². The molecular weight excluding hydrogens is 655 g/mol. The van der Waals surface area contributed by atoms with E-state index in [9.17, 15) is 24.2 Å². The fraction of sp³-hybridized carbons (Fsp3) is 0.463. The van der Waals surface area contributed by atoms with Crippen molar-refractivity contribution in [3.05, 3.63) is 105 Å². The molecule has 3 aliphatic carbocycles. The summed E-state index contributed by atoms with van der Waals surface area (Å²) in [6.07, 6.45) is 6.13. The van der Waals surface area contributed by atoms with Crippen molar-refractivity contribution in [1.29, 1.82) is 0 Å². The van der Waals surface area contributed by atoms with Crippen molar-refractivity contribution in [3.8, 4) is 5.75 Å². The maximum Gasteiger partial charge on any atom is 0.321 e. The number of hydrogen-bond donors (Lipinski definition) is 3. The Kier molecular flexibility index (Phi) is 12.1. The molecule has 1 saturated carbocycles. The lowest BCUT2D eigenvalue weighted by atomic mass is 9.64. The maximum atomic E-state index is 14.9. The average molecular weight is 705 g/mol. The normalized spacial score (nSPS) is 23.8. The van der Waals surface area contributed by atoms with Crippen molar-refractivity contribution in [2.75, 3.05) is 25.5 Å². The highest BCUT2D eigenvalue weighted by atomic mass is 35.5. The van der Waals surface area contributed by atoms with E-state index in [1.54, 1.807) is 42.3 Å². The molecule has 2 amide bonds. The number of hydrogen-bond acceptors (Lipinski definition) is 5. The summed E-state index contributed by atoms with van der Waals surface area (Å²) in [5.41, 5.74) is 2.03. The molecule has 2 bridgehead atoms. The van der Waals surface area contributed by atoms with Crippen molar-refractivity contribution in [3.63, 3.8) is 0 Å².